The van der Waals surface area contributed by atoms with E-state index in [9.17, 15) is 18.0 Å². The summed E-state index contributed by atoms with van der Waals surface area (Å²) in [6.45, 7) is 3.04. The van der Waals surface area contributed by atoms with Crippen molar-refractivity contribution in [3.63, 3.8) is 0 Å². The number of hydrogen-bond acceptors (Lipinski definition) is 3. The zero-order chi connectivity index (χ0) is 18.0. The highest BCUT2D eigenvalue weighted by molar-refractivity contribution is 5.85. The molecule has 1 N–H and O–H groups in total. The number of piperidine rings is 1. The zero-order valence-electron chi connectivity index (χ0n) is 15.8. The van der Waals surface area contributed by atoms with E-state index in [1.807, 2.05) is 4.90 Å². The number of likely N-dealkylation sites (tertiary alicyclic amines) is 1. The van der Waals surface area contributed by atoms with Gasteiger partial charge in [0.1, 0.15) is 0 Å². The number of alkyl halides is 3. The van der Waals surface area contributed by atoms with Crippen molar-refractivity contribution in [2.75, 3.05) is 32.7 Å². The van der Waals surface area contributed by atoms with Gasteiger partial charge in [0.15, 0.2) is 0 Å². The van der Waals surface area contributed by atoms with Gasteiger partial charge in [-0.05, 0) is 50.5 Å². The Kier molecular flexibility index (Phi) is 9.65. The minimum Gasteiger partial charge on any atom is -0.342 e. The molecule has 0 aromatic heterocycles. The van der Waals surface area contributed by atoms with Crippen molar-refractivity contribution in [1.29, 1.82) is 0 Å². The third-order valence-corrected chi connectivity index (χ3v) is 6.04. The van der Waals surface area contributed by atoms with E-state index in [4.69, 9.17) is 0 Å². The molecular weight excluding hydrogens is 402 g/mol. The summed E-state index contributed by atoms with van der Waals surface area (Å²) in [4.78, 5) is 15.9. The second-order valence-electron chi connectivity index (χ2n) is 8.12. The van der Waals surface area contributed by atoms with Crippen molar-refractivity contribution >= 4 is 30.7 Å². The molecule has 3 fully saturated rings. The fraction of sp³-hybridized carbons (Fsp3) is 0.944. The first kappa shape index (κ1) is 24.8. The van der Waals surface area contributed by atoms with Crippen LogP contribution in [0.25, 0.3) is 0 Å². The highest BCUT2D eigenvalue weighted by Gasteiger charge is 2.36. The molecule has 27 heavy (non-hydrogen) atoms. The second-order valence-corrected chi connectivity index (χ2v) is 8.12. The fourth-order valence-corrected chi connectivity index (χ4v) is 4.85. The molecule has 3 saturated heterocycles. The fourth-order valence-electron chi connectivity index (χ4n) is 4.85. The zero-order valence-corrected chi connectivity index (χ0v) is 17.5. The van der Waals surface area contributed by atoms with E-state index in [0.717, 1.165) is 19.3 Å². The normalized spacial score (nSPS) is 30.2. The van der Waals surface area contributed by atoms with Crippen LogP contribution in [0.5, 0.6) is 0 Å². The number of rotatable bonds is 6. The Hall–Kier alpha value is -0.240. The molecule has 3 aliphatic heterocycles. The number of nitrogens with zero attached hydrogens (tertiary/aromatic N) is 2. The molecule has 0 aromatic carbocycles. The quantitative estimate of drug-likeness (QED) is 0.696. The van der Waals surface area contributed by atoms with Crippen molar-refractivity contribution in [2.24, 2.45) is 11.8 Å². The lowest BCUT2D eigenvalue weighted by atomic mass is 9.89. The molecule has 0 saturated carbocycles. The maximum atomic E-state index is 12.6. The van der Waals surface area contributed by atoms with Crippen molar-refractivity contribution in [3.05, 3.63) is 0 Å². The van der Waals surface area contributed by atoms with E-state index >= 15 is 0 Å². The molecule has 3 rings (SSSR count). The van der Waals surface area contributed by atoms with Crippen LogP contribution in [0.4, 0.5) is 13.2 Å². The predicted molar refractivity (Wildman–Crippen MR) is 105 cm³/mol. The summed E-state index contributed by atoms with van der Waals surface area (Å²) >= 11 is 0. The number of halogens is 5. The van der Waals surface area contributed by atoms with Gasteiger partial charge < -0.3 is 10.2 Å². The van der Waals surface area contributed by atoms with Crippen LogP contribution in [0.1, 0.15) is 45.4 Å². The van der Waals surface area contributed by atoms with Gasteiger partial charge in [-0.1, -0.05) is 6.92 Å². The average Bonchev–Trinajstić information content (AvgIpc) is 3.12. The monoisotopic (exact) mass is 433 g/mol. The highest BCUT2D eigenvalue weighted by atomic mass is 35.5. The summed E-state index contributed by atoms with van der Waals surface area (Å²) in [6.07, 6.45) is 1.92. The number of amides is 1. The van der Waals surface area contributed by atoms with E-state index in [2.05, 4.69) is 5.32 Å². The number of nitrogens with one attached hydrogen (secondary N) is 1. The molecule has 3 unspecified atom stereocenters. The molecule has 2 bridgehead atoms. The number of fused-ring (bicyclic) bond motifs is 2. The molecular formula is C18H32Cl2F3N3O. The van der Waals surface area contributed by atoms with Crippen molar-refractivity contribution < 1.29 is 18.0 Å². The maximum absolute atomic E-state index is 12.6. The second kappa shape index (κ2) is 10.5. The molecule has 3 heterocycles. The molecule has 0 radical (unpaired) electrons. The van der Waals surface area contributed by atoms with Crippen LogP contribution in [-0.4, -0.2) is 66.7 Å². The van der Waals surface area contributed by atoms with Gasteiger partial charge in [-0.25, -0.2) is 0 Å². The van der Waals surface area contributed by atoms with Crippen molar-refractivity contribution in [2.45, 2.75) is 63.7 Å². The number of carbonyl (C=O) groups is 1. The number of hydrogen-bond donors (Lipinski definition) is 1. The molecule has 160 valence electrons. The lowest BCUT2D eigenvalue weighted by molar-refractivity contribution is -0.146. The molecule has 3 aliphatic rings. The van der Waals surface area contributed by atoms with Crippen LogP contribution >= 0.6 is 24.8 Å². The van der Waals surface area contributed by atoms with Crippen LogP contribution in [-0.2, 0) is 4.79 Å². The first-order chi connectivity index (χ1) is 11.8. The summed E-state index contributed by atoms with van der Waals surface area (Å²) in [5.41, 5.74) is 0. The van der Waals surface area contributed by atoms with Gasteiger partial charge in [0.05, 0.1) is 6.54 Å². The van der Waals surface area contributed by atoms with Crippen LogP contribution in [0.15, 0.2) is 0 Å². The molecule has 1 amide bonds. The van der Waals surface area contributed by atoms with Gasteiger partial charge in [-0.3, -0.25) is 9.69 Å². The van der Waals surface area contributed by atoms with E-state index in [-0.39, 0.29) is 36.6 Å². The van der Waals surface area contributed by atoms with Crippen LogP contribution in [0, 0.1) is 11.8 Å². The van der Waals surface area contributed by atoms with E-state index in [1.165, 1.54) is 17.7 Å². The van der Waals surface area contributed by atoms with Gasteiger partial charge in [0.2, 0.25) is 5.91 Å². The predicted octanol–water partition coefficient (Wildman–Crippen LogP) is 3.48. The van der Waals surface area contributed by atoms with Crippen LogP contribution < -0.4 is 5.32 Å². The largest absolute Gasteiger partial charge is 0.401 e. The van der Waals surface area contributed by atoms with Crippen LogP contribution in [0.3, 0.4) is 0 Å². The highest BCUT2D eigenvalue weighted by Crippen LogP contribution is 2.33. The van der Waals surface area contributed by atoms with Crippen molar-refractivity contribution in [3.8, 4) is 0 Å². The Morgan fingerprint density at radius 1 is 1.11 bits per heavy atom. The Morgan fingerprint density at radius 2 is 1.74 bits per heavy atom. The third kappa shape index (κ3) is 7.26. The lowest BCUT2D eigenvalue weighted by Gasteiger charge is -2.30. The summed E-state index contributed by atoms with van der Waals surface area (Å²) in [6, 6.07) is 1.17. The summed E-state index contributed by atoms with van der Waals surface area (Å²) < 4.78 is 37.8. The molecule has 9 heteroatoms. The van der Waals surface area contributed by atoms with Crippen LogP contribution in [0.2, 0.25) is 0 Å². The van der Waals surface area contributed by atoms with Crippen molar-refractivity contribution in [1.82, 2.24) is 15.1 Å². The smallest absolute Gasteiger partial charge is 0.342 e. The topological polar surface area (TPSA) is 35.6 Å². The molecule has 0 aliphatic carbocycles. The van der Waals surface area contributed by atoms with Gasteiger partial charge in [-0.2, -0.15) is 13.2 Å². The lowest BCUT2D eigenvalue weighted by Crippen LogP contribution is -2.40. The summed E-state index contributed by atoms with van der Waals surface area (Å²) in [7, 11) is 0. The standard InChI is InChI=1S/C18H30F3N3O.2ClH/c1-2-23(12-18(19,20)21)10-13-5-6-24(11-13)17(25)9-14-7-15-3-4-16(8-14)22-15;;/h13-16,22H,2-12H2,1H3;2*1H. The average molecular weight is 434 g/mol. The summed E-state index contributed by atoms with van der Waals surface area (Å²) in [5.74, 6) is 0.839. The van der Waals surface area contributed by atoms with Gasteiger partial charge in [0, 0.05) is 38.1 Å². The SMILES string of the molecule is CCN(CC1CCN(C(=O)CC2CC3CCC(C2)N3)C1)CC(F)(F)F.Cl.Cl. The minimum atomic E-state index is -4.15. The third-order valence-electron chi connectivity index (χ3n) is 6.04. The minimum absolute atomic E-state index is 0. The Balaban J connectivity index is 0.00000182. The molecule has 0 aromatic rings. The first-order valence-electron chi connectivity index (χ1n) is 9.65. The Morgan fingerprint density at radius 3 is 2.30 bits per heavy atom. The number of carbonyl (C=O) groups excluding carboxylic acids is 1. The Bertz CT molecular complexity index is 469. The van der Waals surface area contributed by atoms with Gasteiger partial charge >= 0.3 is 6.18 Å². The van der Waals surface area contributed by atoms with E-state index in [0.29, 0.717) is 50.6 Å². The van der Waals surface area contributed by atoms with Gasteiger partial charge in [-0.15, -0.1) is 24.8 Å². The molecule has 0 spiro atoms. The van der Waals surface area contributed by atoms with Gasteiger partial charge in [0.25, 0.3) is 0 Å². The molecule has 3 atom stereocenters. The Labute approximate surface area is 172 Å². The molecule has 4 nitrogen and oxygen atoms in total. The maximum Gasteiger partial charge on any atom is 0.401 e. The summed E-state index contributed by atoms with van der Waals surface area (Å²) in [5, 5.41) is 3.59. The van der Waals surface area contributed by atoms with E-state index in [1.54, 1.807) is 6.92 Å². The first-order valence-corrected chi connectivity index (χ1v) is 9.65. The van der Waals surface area contributed by atoms with E-state index < -0.39 is 12.7 Å².